The van der Waals surface area contributed by atoms with Gasteiger partial charge in [0.1, 0.15) is 5.69 Å². The van der Waals surface area contributed by atoms with Crippen LogP contribution in [0.1, 0.15) is 0 Å². The number of benzene rings is 6. The maximum absolute atomic E-state index is 5.07. The van der Waals surface area contributed by atoms with Crippen LogP contribution in [0.2, 0.25) is 0 Å². The number of aromatic nitrogens is 6. The highest BCUT2D eigenvalue weighted by Crippen LogP contribution is 2.33. The van der Waals surface area contributed by atoms with Crippen LogP contribution in [0.3, 0.4) is 0 Å². The molecule has 0 atom stereocenters. The normalized spacial score (nSPS) is 11.2. The molecule has 0 aliphatic rings. The van der Waals surface area contributed by atoms with Crippen molar-refractivity contribution in [2.24, 2.45) is 0 Å². The van der Waals surface area contributed by atoms with E-state index < -0.39 is 0 Å². The first-order valence-electron chi connectivity index (χ1n) is 16.5. The summed E-state index contributed by atoms with van der Waals surface area (Å²) in [5.41, 5.74) is 8.36. The lowest BCUT2D eigenvalue weighted by atomic mass is 10.0. The summed E-state index contributed by atoms with van der Waals surface area (Å²) in [6.45, 7) is 0. The third kappa shape index (κ3) is 5.55. The van der Waals surface area contributed by atoms with E-state index in [4.69, 9.17) is 29.9 Å². The van der Waals surface area contributed by atoms with Crippen molar-refractivity contribution in [3.05, 3.63) is 170 Å². The molecule has 9 rings (SSSR count). The summed E-state index contributed by atoms with van der Waals surface area (Å²) in [5, 5.41) is 3.24. The predicted molar refractivity (Wildman–Crippen MR) is 201 cm³/mol. The molecule has 0 saturated carbocycles. The van der Waals surface area contributed by atoms with Gasteiger partial charge in [0, 0.05) is 44.8 Å². The first kappa shape index (κ1) is 29.2. The lowest BCUT2D eigenvalue weighted by Crippen LogP contribution is -2.00. The number of hydrogen-bond acceptors (Lipinski definition) is 6. The fourth-order valence-electron chi connectivity index (χ4n) is 6.24. The van der Waals surface area contributed by atoms with Gasteiger partial charge < -0.3 is 0 Å². The van der Waals surface area contributed by atoms with E-state index in [1.165, 1.54) is 0 Å². The minimum atomic E-state index is 0.591. The van der Waals surface area contributed by atoms with Crippen LogP contribution in [0.5, 0.6) is 0 Å². The Balaban J connectivity index is 1.07. The molecule has 0 saturated heterocycles. The van der Waals surface area contributed by atoms with E-state index in [2.05, 4.69) is 66.7 Å². The lowest BCUT2D eigenvalue weighted by molar-refractivity contribution is 1.07. The third-order valence-corrected chi connectivity index (χ3v) is 8.81. The maximum Gasteiger partial charge on any atom is 0.179 e. The summed E-state index contributed by atoms with van der Waals surface area (Å²) in [5.74, 6) is 2.48. The number of fused-ring (bicyclic) bond motifs is 3. The van der Waals surface area contributed by atoms with Gasteiger partial charge in [0.2, 0.25) is 0 Å². The number of pyridine rings is 1. The van der Waals surface area contributed by atoms with Gasteiger partial charge in [-0.05, 0) is 23.1 Å². The van der Waals surface area contributed by atoms with Crippen LogP contribution in [-0.4, -0.2) is 29.9 Å². The molecule has 0 unspecified atom stereocenters. The Labute approximate surface area is 288 Å². The first-order chi connectivity index (χ1) is 24.8. The summed E-state index contributed by atoms with van der Waals surface area (Å²) in [6.07, 6.45) is 1.88. The van der Waals surface area contributed by atoms with E-state index in [0.717, 1.165) is 60.8 Å². The fourth-order valence-corrected chi connectivity index (χ4v) is 6.24. The molecule has 0 fully saturated rings. The quantitative estimate of drug-likeness (QED) is 0.168. The Morgan fingerprint density at radius 3 is 1.42 bits per heavy atom. The standard InChI is InChI=1S/C44H28N6/c1-4-13-31(14-5-1)39-37-26-24-30-12-10-11-19-36(30)40(37)47-44(46-39)38-27-25-35(28-45-38)29-20-22-34(23-21-29)43-49-41(32-15-6-2-7-16-32)48-42(50-43)33-17-8-3-9-18-33/h1-28H. The second kappa shape index (κ2) is 12.6. The Morgan fingerprint density at radius 1 is 0.300 bits per heavy atom. The molecule has 6 aromatic carbocycles. The molecule has 0 N–H and O–H groups in total. The van der Waals surface area contributed by atoms with Crippen molar-refractivity contribution in [1.82, 2.24) is 29.9 Å². The highest BCUT2D eigenvalue weighted by Gasteiger charge is 2.16. The predicted octanol–water partition coefficient (Wildman–Crippen LogP) is 10.4. The van der Waals surface area contributed by atoms with Gasteiger partial charge in [-0.1, -0.05) is 152 Å². The zero-order valence-corrected chi connectivity index (χ0v) is 26.8. The van der Waals surface area contributed by atoms with Gasteiger partial charge in [0.15, 0.2) is 23.3 Å². The molecule has 6 nitrogen and oxygen atoms in total. The highest BCUT2D eigenvalue weighted by molar-refractivity contribution is 6.09. The SMILES string of the molecule is c1ccc(-c2nc(-c3ccccc3)nc(-c3ccc(-c4ccc(-c5nc(-c6ccccc6)c6ccc7ccccc7c6n5)nc4)cc3)n2)cc1. The molecule has 0 radical (unpaired) electrons. The van der Waals surface area contributed by atoms with Crippen LogP contribution in [-0.2, 0) is 0 Å². The molecule has 0 bridgehead atoms. The molecule has 0 aliphatic heterocycles. The third-order valence-electron chi connectivity index (χ3n) is 8.81. The van der Waals surface area contributed by atoms with Crippen LogP contribution < -0.4 is 0 Å². The van der Waals surface area contributed by atoms with Crippen LogP contribution in [0.25, 0.3) is 89.7 Å². The van der Waals surface area contributed by atoms with Gasteiger partial charge in [0.05, 0.1) is 11.2 Å². The van der Waals surface area contributed by atoms with E-state index in [1.807, 2.05) is 103 Å². The Hall–Kier alpha value is -6.92. The minimum Gasteiger partial charge on any atom is -0.252 e. The molecule has 0 aliphatic carbocycles. The van der Waals surface area contributed by atoms with Crippen molar-refractivity contribution >= 4 is 21.7 Å². The van der Waals surface area contributed by atoms with E-state index in [-0.39, 0.29) is 0 Å². The number of rotatable bonds is 6. The van der Waals surface area contributed by atoms with Crippen molar-refractivity contribution in [2.45, 2.75) is 0 Å². The lowest BCUT2D eigenvalue weighted by Gasteiger charge is -2.11. The minimum absolute atomic E-state index is 0.591. The molecule has 0 spiro atoms. The summed E-state index contributed by atoms with van der Waals surface area (Å²) in [4.78, 5) is 29.5. The van der Waals surface area contributed by atoms with Crippen LogP contribution in [0.4, 0.5) is 0 Å². The number of nitrogens with zero attached hydrogens (tertiary/aromatic N) is 6. The molecule has 6 heteroatoms. The van der Waals surface area contributed by atoms with E-state index in [9.17, 15) is 0 Å². The number of hydrogen-bond donors (Lipinski definition) is 0. The van der Waals surface area contributed by atoms with Crippen LogP contribution >= 0.6 is 0 Å². The van der Waals surface area contributed by atoms with Gasteiger partial charge in [0.25, 0.3) is 0 Å². The monoisotopic (exact) mass is 640 g/mol. The van der Waals surface area contributed by atoms with Crippen LogP contribution in [0.15, 0.2) is 170 Å². The Bertz CT molecular complexity index is 2550. The average molecular weight is 641 g/mol. The second-order valence-electron chi connectivity index (χ2n) is 12.0. The van der Waals surface area contributed by atoms with Gasteiger partial charge in [-0.2, -0.15) is 0 Å². The van der Waals surface area contributed by atoms with E-state index in [0.29, 0.717) is 29.0 Å². The van der Waals surface area contributed by atoms with Crippen molar-refractivity contribution in [2.75, 3.05) is 0 Å². The summed E-state index contributed by atoms with van der Waals surface area (Å²) in [6, 6.07) is 55.2. The van der Waals surface area contributed by atoms with Crippen molar-refractivity contribution in [3.8, 4) is 68.1 Å². The van der Waals surface area contributed by atoms with Crippen molar-refractivity contribution < 1.29 is 0 Å². The molecule has 234 valence electrons. The Morgan fingerprint density at radius 2 is 0.820 bits per heavy atom. The van der Waals surface area contributed by atoms with Crippen molar-refractivity contribution in [3.63, 3.8) is 0 Å². The van der Waals surface area contributed by atoms with Gasteiger partial charge in [-0.15, -0.1) is 0 Å². The van der Waals surface area contributed by atoms with E-state index >= 15 is 0 Å². The first-order valence-corrected chi connectivity index (χ1v) is 16.5. The molecule has 3 heterocycles. The second-order valence-corrected chi connectivity index (χ2v) is 12.0. The molecular formula is C44H28N6. The molecule has 9 aromatic rings. The fraction of sp³-hybridized carbons (Fsp3) is 0. The zero-order valence-electron chi connectivity index (χ0n) is 26.8. The average Bonchev–Trinajstić information content (AvgIpc) is 3.21. The van der Waals surface area contributed by atoms with Gasteiger partial charge in [-0.3, -0.25) is 4.98 Å². The smallest absolute Gasteiger partial charge is 0.179 e. The zero-order chi connectivity index (χ0) is 33.3. The summed E-state index contributed by atoms with van der Waals surface area (Å²) >= 11 is 0. The topological polar surface area (TPSA) is 77.3 Å². The highest BCUT2D eigenvalue weighted by atomic mass is 15.0. The molecule has 50 heavy (non-hydrogen) atoms. The van der Waals surface area contributed by atoms with Gasteiger partial charge in [-0.25, -0.2) is 24.9 Å². The summed E-state index contributed by atoms with van der Waals surface area (Å²) in [7, 11) is 0. The van der Waals surface area contributed by atoms with Gasteiger partial charge >= 0.3 is 0 Å². The molecule has 0 amide bonds. The largest absolute Gasteiger partial charge is 0.252 e. The molecular weight excluding hydrogens is 613 g/mol. The Kier molecular flexibility index (Phi) is 7.37. The molecule has 3 aromatic heterocycles. The van der Waals surface area contributed by atoms with Crippen molar-refractivity contribution in [1.29, 1.82) is 0 Å². The van der Waals surface area contributed by atoms with Crippen LogP contribution in [0, 0.1) is 0 Å². The summed E-state index contributed by atoms with van der Waals surface area (Å²) < 4.78 is 0. The van der Waals surface area contributed by atoms with E-state index in [1.54, 1.807) is 0 Å². The maximum atomic E-state index is 5.07.